The summed E-state index contributed by atoms with van der Waals surface area (Å²) >= 11 is 0. The van der Waals surface area contributed by atoms with E-state index in [1.54, 1.807) is 0 Å². The van der Waals surface area contributed by atoms with Gasteiger partial charge in [-0.1, -0.05) is 12.1 Å². The van der Waals surface area contributed by atoms with Crippen LogP contribution in [0.5, 0.6) is 11.5 Å². The molecule has 1 aliphatic rings. The van der Waals surface area contributed by atoms with Crippen molar-refractivity contribution in [3.8, 4) is 11.5 Å². The standard InChI is InChI=1S/C15H14FNO2.C2HF3O2/c16-12-5-6-14(18)11(9-12)10-17-7-8-19-15-4-2-1-3-13(15)17;3-2(4,5)1(6)7/h1-6,9,18H,7-8,10H2;(H,6,7). The van der Waals surface area contributed by atoms with Crippen LogP contribution in [-0.2, 0) is 11.3 Å². The number of ether oxygens (including phenoxy) is 1. The molecule has 2 aromatic rings. The summed E-state index contributed by atoms with van der Waals surface area (Å²) < 4.78 is 50.5. The van der Waals surface area contributed by atoms with Crippen LogP contribution in [0.15, 0.2) is 42.5 Å². The van der Waals surface area contributed by atoms with E-state index in [9.17, 15) is 22.7 Å². The van der Waals surface area contributed by atoms with E-state index in [4.69, 9.17) is 14.6 Å². The first-order valence-electron chi connectivity index (χ1n) is 7.43. The maximum absolute atomic E-state index is 13.2. The summed E-state index contributed by atoms with van der Waals surface area (Å²) in [5.74, 6) is -2.16. The van der Waals surface area contributed by atoms with Gasteiger partial charge in [-0.15, -0.1) is 0 Å². The Labute approximate surface area is 146 Å². The number of carboxylic acids is 1. The van der Waals surface area contributed by atoms with Gasteiger partial charge in [0.1, 0.15) is 23.9 Å². The summed E-state index contributed by atoms with van der Waals surface area (Å²) in [5, 5.41) is 16.9. The van der Waals surface area contributed by atoms with E-state index in [0.717, 1.165) is 11.4 Å². The Kier molecular flexibility index (Phi) is 5.91. The highest BCUT2D eigenvalue weighted by atomic mass is 19.4. The fraction of sp³-hybridized carbons (Fsp3) is 0.235. The minimum Gasteiger partial charge on any atom is -0.508 e. The summed E-state index contributed by atoms with van der Waals surface area (Å²) in [6, 6.07) is 11.7. The number of fused-ring (bicyclic) bond motifs is 1. The second-order valence-corrected chi connectivity index (χ2v) is 5.31. The highest BCUT2D eigenvalue weighted by Crippen LogP contribution is 2.33. The average Bonchev–Trinajstić information content (AvgIpc) is 2.58. The van der Waals surface area contributed by atoms with Gasteiger partial charge in [0.15, 0.2) is 0 Å². The summed E-state index contributed by atoms with van der Waals surface area (Å²) in [6.07, 6.45) is -5.08. The molecule has 0 radical (unpaired) electrons. The van der Waals surface area contributed by atoms with Gasteiger partial charge in [-0.2, -0.15) is 13.2 Å². The van der Waals surface area contributed by atoms with Gasteiger partial charge in [0.25, 0.3) is 0 Å². The van der Waals surface area contributed by atoms with Crippen molar-refractivity contribution in [1.82, 2.24) is 0 Å². The highest BCUT2D eigenvalue weighted by molar-refractivity contribution is 5.73. The number of para-hydroxylation sites is 2. The molecule has 1 aliphatic heterocycles. The van der Waals surface area contributed by atoms with Crippen molar-refractivity contribution < 1.29 is 37.3 Å². The molecule has 9 heteroatoms. The number of alkyl halides is 3. The number of nitrogens with zero attached hydrogens (tertiary/aromatic N) is 1. The predicted molar refractivity (Wildman–Crippen MR) is 84.7 cm³/mol. The van der Waals surface area contributed by atoms with Gasteiger partial charge in [-0.05, 0) is 30.3 Å². The first kappa shape index (κ1) is 19.4. The zero-order chi connectivity index (χ0) is 19.3. The lowest BCUT2D eigenvalue weighted by Crippen LogP contribution is -2.32. The van der Waals surface area contributed by atoms with Crippen molar-refractivity contribution in [1.29, 1.82) is 0 Å². The molecule has 3 rings (SSSR count). The number of hydrogen-bond donors (Lipinski definition) is 2. The molecule has 0 spiro atoms. The molecule has 0 atom stereocenters. The molecule has 26 heavy (non-hydrogen) atoms. The van der Waals surface area contributed by atoms with Crippen LogP contribution in [0.4, 0.5) is 23.2 Å². The summed E-state index contributed by atoms with van der Waals surface area (Å²) in [4.78, 5) is 11.0. The molecule has 0 aliphatic carbocycles. The first-order valence-corrected chi connectivity index (χ1v) is 7.43. The second kappa shape index (κ2) is 7.94. The number of phenols is 1. The molecule has 2 aromatic carbocycles. The average molecular weight is 373 g/mol. The third kappa shape index (κ3) is 5.01. The van der Waals surface area contributed by atoms with Crippen molar-refractivity contribution in [3.63, 3.8) is 0 Å². The quantitative estimate of drug-likeness (QED) is 0.788. The van der Waals surface area contributed by atoms with Crippen LogP contribution in [0, 0.1) is 5.82 Å². The molecule has 0 saturated carbocycles. The normalized spacial score (nSPS) is 13.2. The number of halogens is 4. The van der Waals surface area contributed by atoms with E-state index < -0.39 is 12.1 Å². The van der Waals surface area contributed by atoms with Gasteiger partial charge in [0.2, 0.25) is 0 Å². The van der Waals surface area contributed by atoms with E-state index in [1.165, 1.54) is 18.2 Å². The monoisotopic (exact) mass is 373 g/mol. The number of phenolic OH excluding ortho intramolecular Hbond substituents is 1. The van der Waals surface area contributed by atoms with Crippen LogP contribution in [0.25, 0.3) is 0 Å². The lowest BCUT2D eigenvalue weighted by molar-refractivity contribution is -0.192. The molecular weight excluding hydrogens is 358 g/mol. The number of rotatable bonds is 2. The van der Waals surface area contributed by atoms with Gasteiger partial charge < -0.3 is 19.8 Å². The van der Waals surface area contributed by atoms with Crippen LogP contribution in [0.3, 0.4) is 0 Å². The minimum atomic E-state index is -5.08. The van der Waals surface area contributed by atoms with Gasteiger partial charge in [0, 0.05) is 12.1 Å². The maximum atomic E-state index is 13.2. The van der Waals surface area contributed by atoms with Crippen molar-refractivity contribution in [2.45, 2.75) is 12.7 Å². The smallest absolute Gasteiger partial charge is 0.490 e. The number of anilines is 1. The Morgan fingerprint density at radius 2 is 1.85 bits per heavy atom. The largest absolute Gasteiger partial charge is 0.508 e. The molecule has 0 bridgehead atoms. The van der Waals surface area contributed by atoms with Crippen molar-refractivity contribution in [2.24, 2.45) is 0 Å². The third-order valence-electron chi connectivity index (χ3n) is 3.47. The molecule has 140 valence electrons. The molecule has 2 N–H and O–H groups in total. The SMILES string of the molecule is O=C(O)C(F)(F)F.Oc1ccc(F)cc1CN1CCOc2ccccc21. The summed E-state index contributed by atoms with van der Waals surface area (Å²) in [6.45, 7) is 1.77. The lowest BCUT2D eigenvalue weighted by Gasteiger charge is -2.31. The number of carbonyl (C=O) groups is 1. The Morgan fingerprint density at radius 3 is 2.50 bits per heavy atom. The highest BCUT2D eigenvalue weighted by Gasteiger charge is 2.38. The molecule has 1 heterocycles. The molecule has 0 saturated heterocycles. The van der Waals surface area contributed by atoms with Gasteiger partial charge in [-0.3, -0.25) is 0 Å². The molecular formula is C17H15F4NO4. The summed E-state index contributed by atoms with van der Waals surface area (Å²) in [5.41, 5.74) is 1.55. The number of hydrogen-bond acceptors (Lipinski definition) is 4. The lowest BCUT2D eigenvalue weighted by atomic mass is 10.1. The Balaban J connectivity index is 0.000000298. The predicted octanol–water partition coefficient (Wildman–Crippen LogP) is 3.56. The molecule has 0 aromatic heterocycles. The summed E-state index contributed by atoms with van der Waals surface area (Å²) in [7, 11) is 0. The van der Waals surface area contributed by atoms with E-state index in [0.29, 0.717) is 25.3 Å². The number of aromatic hydroxyl groups is 1. The Morgan fingerprint density at radius 1 is 1.19 bits per heavy atom. The van der Waals surface area contributed by atoms with E-state index >= 15 is 0 Å². The molecule has 0 unspecified atom stereocenters. The van der Waals surface area contributed by atoms with E-state index in [-0.39, 0.29) is 11.6 Å². The van der Waals surface area contributed by atoms with Crippen molar-refractivity contribution in [3.05, 3.63) is 53.8 Å². The number of carboxylic acid groups (broad SMARTS) is 1. The zero-order valence-corrected chi connectivity index (χ0v) is 13.3. The van der Waals surface area contributed by atoms with Gasteiger partial charge in [-0.25, -0.2) is 9.18 Å². The molecule has 5 nitrogen and oxygen atoms in total. The fourth-order valence-electron chi connectivity index (χ4n) is 2.28. The minimum absolute atomic E-state index is 0.116. The van der Waals surface area contributed by atoms with Crippen LogP contribution >= 0.6 is 0 Å². The third-order valence-corrected chi connectivity index (χ3v) is 3.47. The van der Waals surface area contributed by atoms with Crippen LogP contribution in [0.2, 0.25) is 0 Å². The Bertz CT molecular complexity index is 780. The first-order chi connectivity index (χ1) is 12.2. The van der Waals surface area contributed by atoms with Gasteiger partial charge >= 0.3 is 12.1 Å². The van der Waals surface area contributed by atoms with Crippen molar-refractivity contribution >= 4 is 11.7 Å². The second-order valence-electron chi connectivity index (χ2n) is 5.31. The number of benzene rings is 2. The van der Waals surface area contributed by atoms with Crippen LogP contribution < -0.4 is 9.64 Å². The van der Waals surface area contributed by atoms with Crippen LogP contribution in [0.1, 0.15) is 5.56 Å². The fourth-order valence-corrected chi connectivity index (χ4v) is 2.28. The maximum Gasteiger partial charge on any atom is 0.490 e. The molecule has 0 amide bonds. The van der Waals surface area contributed by atoms with Crippen molar-refractivity contribution in [2.75, 3.05) is 18.1 Å². The van der Waals surface area contributed by atoms with Crippen LogP contribution in [-0.4, -0.2) is 35.5 Å². The Hall–Kier alpha value is -2.97. The zero-order valence-electron chi connectivity index (χ0n) is 13.3. The topological polar surface area (TPSA) is 70.0 Å². The number of aliphatic carboxylic acids is 1. The van der Waals surface area contributed by atoms with Gasteiger partial charge in [0.05, 0.1) is 12.2 Å². The van der Waals surface area contributed by atoms with E-state index in [1.807, 2.05) is 24.3 Å². The van der Waals surface area contributed by atoms with E-state index in [2.05, 4.69) is 4.90 Å². The molecule has 0 fully saturated rings.